The summed E-state index contributed by atoms with van der Waals surface area (Å²) in [6.07, 6.45) is -4.81. The minimum Gasteiger partial charge on any atom is -0.481 e. The van der Waals surface area contributed by atoms with Crippen LogP contribution in [0.2, 0.25) is 0 Å². The number of pyridine rings is 1. The first kappa shape index (κ1) is 14.0. The molecule has 0 fully saturated rings. The number of rotatable bonds is 4. The van der Waals surface area contributed by atoms with Gasteiger partial charge < -0.3 is 14.6 Å². The lowest BCUT2D eigenvalue weighted by atomic mass is 10.2. The molecule has 1 rings (SSSR count). The number of halogens is 4. The standard InChI is InChI=1S/C9H9BrF3NO3/c1-16-8-2-7(17-9(11,12)13)5(3-10)6(4-15)14-8/h2,15H,3-4H2,1H3. The number of alkyl halides is 4. The van der Waals surface area contributed by atoms with Crippen LogP contribution < -0.4 is 9.47 Å². The van der Waals surface area contributed by atoms with Gasteiger partial charge in [0.25, 0.3) is 0 Å². The van der Waals surface area contributed by atoms with E-state index in [1.165, 1.54) is 7.11 Å². The Hall–Kier alpha value is -1.02. The van der Waals surface area contributed by atoms with Gasteiger partial charge in [-0.15, -0.1) is 13.2 Å². The fraction of sp³-hybridized carbons (Fsp3) is 0.444. The predicted molar refractivity (Wildman–Crippen MR) is 56.0 cm³/mol. The number of hydrogen-bond donors (Lipinski definition) is 1. The Balaban J connectivity index is 3.24. The summed E-state index contributed by atoms with van der Waals surface area (Å²) in [7, 11) is 1.26. The summed E-state index contributed by atoms with van der Waals surface area (Å²) in [4.78, 5) is 3.82. The van der Waals surface area contributed by atoms with E-state index in [1.54, 1.807) is 0 Å². The summed E-state index contributed by atoms with van der Waals surface area (Å²) < 4.78 is 45.1. The molecule has 0 amide bonds. The van der Waals surface area contributed by atoms with Gasteiger partial charge in [-0.2, -0.15) is 0 Å². The summed E-state index contributed by atoms with van der Waals surface area (Å²) in [5, 5.41) is 9.09. The molecule has 0 aliphatic heterocycles. The molecule has 4 nitrogen and oxygen atoms in total. The lowest BCUT2D eigenvalue weighted by Crippen LogP contribution is -2.19. The molecule has 1 aromatic rings. The van der Waals surface area contributed by atoms with Crippen molar-refractivity contribution in [3.05, 3.63) is 17.3 Å². The highest BCUT2D eigenvalue weighted by Crippen LogP contribution is 2.32. The van der Waals surface area contributed by atoms with E-state index >= 15 is 0 Å². The molecule has 17 heavy (non-hydrogen) atoms. The van der Waals surface area contributed by atoms with Crippen molar-refractivity contribution in [1.82, 2.24) is 4.98 Å². The van der Waals surface area contributed by atoms with E-state index in [1.807, 2.05) is 0 Å². The summed E-state index contributed by atoms with van der Waals surface area (Å²) in [5.41, 5.74) is 0.200. The van der Waals surface area contributed by atoms with Crippen LogP contribution in [0.15, 0.2) is 6.07 Å². The van der Waals surface area contributed by atoms with Gasteiger partial charge in [0.05, 0.1) is 19.4 Å². The van der Waals surface area contributed by atoms with Gasteiger partial charge in [-0.25, -0.2) is 4.98 Å². The zero-order valence-corrected chi connectivity index (χ0v) is 10.3. The summed E-state index contributed by atoms with van der Waals surface area (Å²) in [6.45, 7) is -0.508. The normalized spacial score (nSPS) is 11.4. The summed E-state index contributed by atoms with van der Waals surface area (Å²) >= 11 is 3.01. The molecular formula is C9H9BrF3NO3. The highest BCUT2D eigenvalue weighted by molar-refractivity contribution is 9.08. The molecule has 0 aromatic carbocycles. The maximum absolute atomic E-state index is 12.2. The number of ether oxygens (including phenoxy) is 2. The summed E-state index contributed by atoms with van der Waals surface area (Å²) in [6, 6.07) is 1.02. The third kappa shape index (κ3) is 3.74. The number of aromatic nitrogens is 1. The van der Waals surface area contributed by atoms with Crippen molar-refractivity contribution in [1.29, 1.82) is 0 Å². The minimum absolute atomic E-state index is 0.0574. The van der Waals surface area contributed by atoms with Crippen LogP contribution in [0.25, 0.3) is 0 Å². The van der Waals surface area contributed by atoms with E-state index in [-0.39, 0.29) is 22.5 Å². The van der Waals surface area contributed by atoms with Gasteiger partial charge >= 0.3 is 6.36 Å². The Labute approximate surface area is 103 Å². The lowest BCUT2D eigenvalue weighted by Gasteiger charge is -2.15. The number of hydrogen-bond acceptors (Lipinski definition) is 4. The molecule has 0 unspecified atom stereocenters. The number of aliphatic hydroxyl groups excluding tert-OH is 1. The van der Waals surface area contributed by atoms with Gasteiger partial charge in [0.2, 0.25) is 5.88 Å². The maximum atomic E-state index is 12.2. The predicted octanol–water partition coefficient (Wildman–Crippen LogP) is 2.38. The smallest absolute Gasteiger partial charge is 0.481 e. The largest absolute Gasteiger partial charge is 0.573 e. The van der Waals surface area contributed by atoms with Crippen molar-refractivity contribution < 1.29 is 27.8 Å². The fourth-order valence-electron chi connectivity index (χ4n) is 1.17. The molecule has 0 aliphatic rings. The second-order valence-electron chi connectivity index (χ2n) is 2.93. The Morgan fingerprint density at radius 2 is 2.12 bits per heavy atom. The molecule has 0 saturated carbocycles. The van der Waals surface area contributed by atoms with Gasteiger partial charge in [0.15, 0.2) is 0 Å². The van der Waals surface area contributed by atoms with Crippen molar-refractivity contribution in [2.24, 2.45) is 0 Å². The monoisotopic (exact) mass is 315 g/mol. The topological polar surface area (TPSA) is 51.6 Å². The minimum atomic E-state index is -4.81. The van der Waals surface area contributed by atoms with Gasteiger partial charge in [0.1, 0.15) is 5.75 Å². The van der Waals surface area contributed by atoms with Crippen LogP contribution in [0, 0.1) is 0 Å². The van der Waals surface area contributed by atoms with E-state index in [2.05, 4.69) is 25.7 Å². The number of nitrogens with zero attached hydrogens (tertiary/aromatic N) is 1. The van der Waals surface area contributed by atoms with Crippen LogP contribution in [-0.2, 0) is 11.9 Å². The van der Waals surface area contributed by atoms with E-state index in [4.69, 9.17) is 9.84 Å². The average molecular weight is 316 g/mol. The Morgan fingerprint density at radius 3 is 2.53 bits per heavy atom. The van der Waals surface area contributed by atoms with Crippen molar-refractivity contribution in [2.45, 2.75) is 18.3 Å². The molecule has 0 bridgehead atoms. The molecule has 0 atom stereocenters. The second-order valence-corrected chi connectivity index (χ2v) is 3.49. The average Bonchev–Trinajstić information content (AvgIpc) is 2.25. The van der Waals surface area contributed by atoms with Crippen LogP contribution in [-0.4, -0.2) is 23.6 Å². The third-order valence-electron chi connectivity index (χ3n) is 1.86. The molecule has 1 heterocycles. The lowest BCUT2D eigenvalue weighted by molar-refractivity contribution is -0.274. The molecule has 0 aliphatic carbocycles. The molecule has 0 spiro atoms. The molecule has 96 valence electrons. The zero-order chi connectivity index (χ0) is 13.1. The Bertz CT molecular complexity index is 398. The van der Waals surface area contributed by atoms with E-state index in [0.717, 1.165) is 6.07 Å². The van der Waals surface area contributed by atoms with E-state index < -0.39 is 18.7 Å². The maximum Gasteiger partial charge on any atom is 0.573 e. The van der Waals surface area contributed by atoms with Gasteiger partial charge in [-0.05, 0) is 0 Å². The first-order valence-electron chi connectivity index (χ1n) is 4.40. The van der Waals surface area contributed by atoms with Crippen LogP contribution in [0.1, 0.15) is 11.3 Å². The first-order valence-corrected chi connectivity index (χ1v) is 5.52. The zero-order valence-electron chi connectivity index (χ0n) is 8.71. The van der Waals surface area contributed by atoms with Crippen LogP contribution in [0.4, 0.5) is 13.2 Å². The van der Waals surface area contributed by atoms with E-state index in [9.17, 15) is 13.2 Å². The van der Waals surface area contributed by atoms with Gasteiger partial charge in [0, 0.05) is 17.0 Å². The first-order chi connectivity index (χ1) is 7.91. The van der Waals surface area contributed by atoms with E-state index in [0.29, 0.717) is 0 Å². The summed E-state index contributed by atoms with van der Waals surface area (Å²) in [5.74, 6) is -0.497. The molecule has 8 heteroatoms. The SMILES string of the molecule is COc1cc(OC(F)(F)F)c(CBr)c(CO)n1. The number of methoxy groups -OCH3 is 1. The molecular weight excluding hydrogens is 307 g/mol. The van der Waals surface area contributed by atoms with Crippen molar-refractivity contribution in [3.63, 3.8) is 0 Å². The Morgan fingerprint density at radius 1 is 1.47 bits per heavy atom. The van der Waals surface area contributed by atoms with Crippen molar-refractivity contribution >= 4 is 15.9 Å². The fourth-order valence-corrected chi connectivity index (χ4v) is 1.77. The van der Waals surface area contributed by atoms with Crippen LogP contribution in [0.3, 0.4) is 0 Å². The highest BCUT2D eigenvalue weighted by atomic mass is 79.9. The molecule has 0 saturated heterocycles. The van der Waals surface area contributed by atoms with Crippen molar-refractivity contribution in [3.8, 4) is 11.6 Å². The van der Waals surface area contributed by atoms with Gasteiger partial charge in [-0.3, -0.25) is 0 Å². The van der Waals surface area contributed by atoms with Crippen LogP contribution in [0.5, 0.6) is 11.6 Å². The van der Waals surface area contributed by atoms with Crippen molar-refractivity contribution in [2.75, 3.05) is 7.11 Å². The molecule has 1 N–H and O–H groups in total. The van der Waals surface area contributed by atoms with Crippen LogP contribution >= 0.6 is 15.9 Å². The second kappa shape index (κ2) is 5.54. The number of aliphatic hydroxyl groups is 1. The van der Waals surface area contributed by atoms with Gasteiger partial charge in [-0.1, -0.05) is 15.9 Å². The third-order valence-corrected chi connectivity index (χ3v) is 2.42. The molecule has 1 aromatic heterocycles. The molecule has 0 radical (unpaired) electrons. The Kier molecular flexibility index (Phi) is 4.58. The highest BCUT2D eigenvalue weighted by Gasteiger charge is 2.33. The quantitative estimate of drug-likeness (QED) is 0.867.